The third-order valence-electron chi connectivity index (χ3n) is 3.94. The lowest BCUT2D eigenvalue weighted by Crippen LogP contribution is -2.40. The molecule has 1 fully saturated rings. The lowest BCUT2D eigenvalue weighted by atomic mass is 10.0. The highest BCUT2D eigenvalue weighted by atomic mass is 19.4. The summed E-state index contributed by atoms with van der Waals surface area (Å²) < 4.78 is 49.1. The molecule has 0 bridgehead atoms. The predicted octanol–water partition coefficient (Wildman–Crippen LogP) is 3.03. The number of alkyl halides is 3. The van der Waals surface area contributed by atoms with Crippen LogP contribution in [0, 0.1) is 0 Å². The number of nitrogens with zero attached hydrogens (tertiary/aromatic N) is 1. The van der Waals surface area contributed by atoms with E-state index in [2.05, 4.69) is 0 Å². The maximum Gasteiger partial charge on any atom is 0.416 e. The summed E-state index contributed by atoms with van der Waals surface area (Å²) >= 11 is 0. The second kappa shape index (κ2) is 7.31. The fourth-order valence-corrected chi connectivity index (χ4v) is 2.66. The zero-order valence-electron chi connectivity index (χ0n) is 13.1. The minimum atomic E-state index is -4.43. The highest BCUT2D eigenvalue weighted by molar-refractivity contribution is 5.81. The number of carbonyl (C=O) groups is 1. The average Bonchev–Trinajstić information content (AvgIpc) is 3.05. The smallest absolute Gasteiger partial charge is 0.382 e. The molecule has 23 heavy (non-hydrogen) atoms. The second-order valence-corrected chi connectivity index (χ2v) is 5.55. The highest BCUT2D eigenvalue weighted by Gasteiger charge is 2.33. The van der Waals surface area contributed by atoms with Gasteiger partial charge in [0.15, 0.2) is 0 Å². The fourth-order valence-electron chi connectivity index (χ4n) is 2.66. The Labute approximate surface area is 133 Å². The van der Waals surface area contributed by atoms with E-state index in [1.165, 1.54) is 18.1 Å². The number of halogens is 3. The summed E-state index contributed by atoms with van der Waals surface area (Å²) in [6.07, 6.45) is -3.51. The fraction of sp³-hybridized carbons (Fsp3) is 0.562. The van der Waals surface area contributed by atoms with E-state index < -0.39 is 23.9 Å². The standard InChI is InChI=1S/C16H20F3NO3/c1-20(15(21)14-7-4-8-23-14)13(10-22-2)11-5-3-6-12(9-11)16(17,18)19/h3,5-6,9,13-14H,4,7-8,10H2,1-2H3/t13-,14+/m0/s1. The average molecular weight is 331 g/mol. The molecule has 1 amide bonds. The van der Waals surface area contributed by atoms with Crippen LogP contribution in [-0.4, -0.2) is 44.3 Å². The van der Waals surface area contributed by atoms with Crippen molar-refractivity contribution in [3.05, 3.63) is 35.4 Å². The molecule has 128 valence electrons. The Morgan fingerprint density at radius 3 is 2.78 bits per heavy atom. The number of rotatable bonds is 5. The van der Waals surface area contributed by atoms with Crippen molar-refractivity contribution in [2.75, 3.05) is 27.4 Å². The summed E-state index contributed by atoms with van der Waals surface area (Å²) in [6, 6.07) is 4.38. The SMILES string of the molecule is COC[C@@H](c1cccc(C(F)(F)F)c1)N(C)C(=O)[C@H]1CCCO1. The molecule has 0 unspecified atom stereocenters. The normalized spacial score (nSPS) is 19.6. The van der Waals surface area contributed by atoms with Crippen LogP contribution >= 0.6 is 0 Å². The van der Waals surface area contributed by atoms with Crippen LogP contribution in [-0.2, 0) is 20.4 Å². The Bertz CT molecular complexity index is 542. The van der Waals surface area contributed by atoms with Gasteiger partial charge in [0.25, 0.3) is 5.91 Å². The van der Waals surface area contributed by atoms with E-state index in [1.807, 2.05) is 0 Å². The molecular weight excluding hydrogens is 311 g/mol. The quantitative estimate of drug-likeness (QED) is 0.832. The summed E-state index contributed by atoms with van der Waals surface area (Å²) in [5, 5.41) is 0. The number of likely N-dealkylation sites (N-methyl/N-ethyl adjacent to an activating group) is 1. The zero-order valence-corrected chi connectivity index (χ0v) is 13.1. The molecule has 1 aliphatic heterocycles. The molecular formula is C16H20F3NO3. The van der Waals surface area contributed by atoms with E-state index >= 15 is 0 Å². The van der Waals surface area contributed by atoms with Gasteiger partial charge in [0.1, 0.15) is 6.10 Å². The van der Waals surface area contributed by atoms with E-state index in [0.29, 0.717) is 18.6 Å². The van der Waals surface area contributed by atoms with Crippen LogP contribution < -0.4 is 0 Å². The van der Waals surface area contributed by atoms with E-state index in [0.717, 1.165) is 18.6 Å². The number of carbonyl (C=O) groups excluding carboxylic acids is 1. The topological polar surface area (TPSA) is 38.8 Å². The van der Waals surface area contributed by atoms with Crippen molar-refractivity contribution in [1.29, 1.82) is 0 Å². The van der Waals surface area contributed by atoms with Gasteiger partial charge in [-0.05, 0) is 30.5 Å². The number of amides is 1. The van der Waals surface area contributed by atoms with Crippen LogP contribution in [0.2, 0.25) is 0 Å². The van der Waals surface area contributed by atoms with Crippen LogP contribution in [0.4, 0.5) is 13.2 Å². The molecule has 1 aliphatic rings. The lowest BCUT2D eigenvalue weighted by Gasteiger charge is -2.30. The number of methoxy groups -OCH3 is 1. The highest BCUT2D eigenvalue weighted by Crippen LogP contribution is 2.32. The molecule has 0 aliphatic carbocycles. The molecule has 1 aromatic carbocycles. The van der Waals surface area contributed by atoms with Gasteiger partial charge in [0.05, 0.1) is 18.2 Å². The molecule has 1 aromatic rings. The minimum Gasteiger partial charge on any atom is -0.382 e. The van der Waals surface area contributed by atoms with E-state index in [-0.39, 0.29) is 12.5 Å². The first kappa shape index (κ1) is 17.7. The summed E-state index contributed by atoms with van der Waals surface area (Å²) in [5.74, 6) is -0.234. The summed E-state index contributed by atoms with van der Waals surface area (Å²) in [6.45, 7) is 0.638. The summed E-state index contributed by atoms with van der Waals surface area (Å²) in [5.41, 5.74) is -0.357. The first-order valence-electron chi connectivity index (χ1n) is 7.39. The van der Waals surface area contributed by atoms with Gasteiger partial charge in [0, 0.05) is 20.8 Å². The van der Waals surface area contributed by atoms with Crippen molar-refractivity contribution in [2.24, 2.45) is 0 Å². The van der Waals surface area contributed by atoms with Crippen LogP contribution in [0.15, 0.2) is 24.3 Å². The Hall–Kier alpha value is -1.60. The minimum absolute atomic E-state index is 0.107. The molecule has 1 heterocycles. The van der Waals surface area contributed by atoms with Crippen molar-refractivity contribution in [3.8, 4) is 0 Å². The molecule has 2 rings (SSSR count). The molecule has 0 aromatic heterocycles. The van der Waals surface area contributed by atoms with Gasteiger partial charge >= 0.3 is 6.18 Å². The number of hydrogen-bond donors (Lipinski definition) is 0. The zero-order chi connectivity index (χ0) is 17.0. The Kier molecular flexibility index (Phi) is 5.64. The molecule has 4 nitrogen and oxygen atoms in total. The van der Waals surface area contributed by atoms with Crippen molar-refractivity contribution in [3.63, 3.8) is 0 Å². The first-order chi connectivity index (χ1) is 10.8. The number of benzene rings is 1. The maximum absolute atomic E-state index is 12.9. The van der Waals surface area contributed by atoms with Crippen molar-refractivity contribution in [2.45, 2.75) is 31.2 Å². The first-order valence-corrected chi connectivity index (χ1v) is 7.39. The van der Waals surface area contributed by atoms with Gasteiger partial charge in [0.2, 0.25) is 0 Å². The molecule has 0 spiro atoms. The Balaban J connectivity index is 2.25. The number of ether oxygens (including phenoxy) is 2. The van der Waals surface area contributed by atoms with Gasteiger partial charge in [-0.3, -0.25) is 4.79 Å². The predicted molar refractivity (Wildman–Crippen MR) is 77.8 cm³/mol. The third-order valence-corrected chi connectivity index (χ3v) is 3.94. The molecule has 0 radical (unpaired) electrons. The van der Waals surface area contributed by atoms with Crippen LogP contribution in [0.3, 0.4) is 0 Å². The molecule has 7 heteroatoms. The molecule has 0 N–H and O–H groups in total. The van der Waals surface area contributed by atoms with Gasteiger partial charge < -0.3 is 14.4 Å². The van der Waals surface area contributed by atoms with Crippen molar-refractivity contribution >= 4 is 5.91 Å². The Morgan fingerprint density at radius 2 is 2.22 bits per heavy atom. The molecule has 2 atom stereocenters. The van der Waals surface area contributed by atoms with Crippen LogP contribution in [0.5, 0.6) is 0 Å². The Morgan fingerprint density at radius 1 is 1.48 bits per heavy atom. The maximum atomic E-state index is 12.9. The lowest BCUT2D eigenvalue weighted by molar-refractivity contribution is -0.143. The monoisotopic (exact) mass is 331 g/mol. The van der Waals surface area contributed by atoms with Crippen molar-refractivity contribution in [1.82, 2.24) is 4.90 Å². The van der Waals surface area contributed by atoms with E-state index in [1.54, 1.807) is 13.1 Å². The molecule has 0 saturated carbocycles. The summed E-state index contributed by atoms with van der Waals surface area (Å²) in [4.78, 5) is 13.9. The number of hydrogen-bond acceptors (Lipinski definition) is 3. The third kappa shape index (κ3) is 4.23. The van der Waals surface area contributed by atoms with Gasteiger partial charge in [-0.15, -0.1) is 0 Å². The molecule has 1 saturated heterocycles. The van der Waals surface area contributed by atoms with E-state index in [4.69, 9.17) is 9.47 Å². The van der Waals surface area contributed by atoms with E-state index in [9.17, 15) is 18.0 Å². The van der Waals surface area contributed by atoms with Crippen LogP contribution in [0.25, 0.3) is 0 Å². The second-order valence-electron chi connectivity index (χ2n) is 5.55. The summed E-state index contributed by atoms with van der Waals surface area (Å²) in [7, 11) is 3.01. The van der Waals surface area contributed by atoms with Crippen molar-refractivity contribution < 1.29 is 27.4 Å². The van der Waals surface area contributed by atoms with Gasteiger partial charge in [-0.2, -0.15) is 13.2 Å². The van der Waals surface area contributed by atoms with Gasteiger partial charge in [-0.25, -0.2) is 0 Å². The van der Waals surface area contributed by atoms with Crippen LogP contribution in [0.1, 0.15) is 30.0 Å². The van der Waals surface area contributed by atoms with Gasteiger partial charge in [-0.1, -0.05) is 12.1 Å². The largest absolute Gasteiger partial charge is 0.416 e.